The van der Waals surface area contributed by atoms with Gasteiger partial charge in [-0.2, -0.15) is 4.31 Å². The molecular formula is C32H37N3O7S. The summed E-state index contributed by atoms with van der Waals surface area (Å²) in [6, 6.07) is 12.3. The van der Waals surface area contributed by atoms with E-state index in [9.17, 15) is 22.8 Å². The van der Waals surface area contributed by atoms with Gasteiger partial charge < -0.3 is 14.8 Å². The zero-order valence-corrected chi connectivity index (χ0v) is 26.3. The molecule has 1 fully saturated rings. The smallest absolute Gasteiger partial charge is 0.252 e. The number of amides is 3. The van der Waals surface area contributed by atoms with Gasteiger partial charge in [-0.15, -0.1) is 0 Å². The van der Waals surface area contributed by atoms with E-state index in [1.165, 1.54) is 25.4 Å². The molecule has 10 nitrogen and oxygen atoms in total. The first kappa shape index (κ1) is 31.7. The average molecular weight is 608 g/mol. The van der Waals surface area contributed by atoms with Crippen LogP contribution in [0.3, 0.4) is 0 Å². The molecule has 0 bridgehead atoms. The first-order chi connectivity index (χ1) is 20.3. The molecule has 3 aromatic carbocycles. The Bertz CT molecular complexity index is 1660. The molecular weight excluding hydrogens is 570 g/mol. The number of benzene rings is 3. The molecule has 1 saturated heterocycles. The number of hydrogen-bond donors (Lipinski definition) is 1. The number of ether oxygens (including phenoxy) is 2. The second-order valence-electron chi connectivity index (χ2n) is 10.7. The van der Waals surface area contributed by atoms with E-state index in [-0.39, 0.29) is 30.2 Å². The molecule has 3 amide bonds. The van der Waals surface area contributed by atoms with E-state index in [1.54, 1.807) is 50.2 Å². The lowest BCUT2D eigenvalue weighted by molar-refractivity contribution is -0.122. The highest BCUT2D eigenvalue weighted by molar-refractivity contribution is 7.89. The minimum atomic E-state index is -4.24. The van der Waals surface area contributed by atoms with Crippen LogP contribution in [0.25, 0.3) is 0 Å². The van der Waals surface area contributed by atoms with Crippen molar-refractivity contribution in [3.8, 4) is 11.5 Å². The number of hydrogen-bond acceptors (Lipinski definition) is 7. The molecule has 1 unspecified atom stereocenters. The fraction of sp³-hybridized carbons (Fsp3) is 0.344. The first-order valence-corrected chi connectivity index (χ1v) is 15.3. The molecule has 1 aliphatic heterocycles. The van der Waals surface area contributed by atoms with E-state index in [4.69, 9.17) is 9.47 Å². The number of rotatable bonds is 10. The quantitative estimate of drug-likeness (QED) is 0.338. The maximum Gasteiger partial charge on any atom is 0.252 e. The van der Waals surface area contributed by atoms with Gasteiger partial charge in [-0.05, 0) is 98.3 Å². The van der Waals surface area contributed by atoms with Crippen LogP contribution < -0.4 is 19.7 Å². The van der Waals surface area contributed by atoms with Crippen LogP contribution in [0.1, 0.15) is 41.2 Å². The number of nitrogens with zero attached hydrogens (tertiary/aromatic N) is 2. The Balaban J connectivity index is 1.76. The van der Waals surface area contributed by atoms with E-state index < -0.39 is 27.9 Å². The topological polar surface area (TPSA) is 122 Å². The Hall–Kier alpha value is -4.22. The van der Waals surface area contributed by atoms with Crippen molar-refractivity contribution in [3.05, 3.63) is 76.3 Å². The Morgan fingerprint density at radius 2 is 1.53 bits per heavy atom. The predicted molar refractivity (Wildman–Crippen MR) is 164 cm³/mol. The van der Waals surface area contributed by atoms with Crippen LogP contribution in [-0.4, -0.2) is 57.3 Å². The zero-order valence-electron chi connectivity index (χ0n) is 25.5. The van der Waals surface area contributed by atoms with Crippen molar-refractivity contribution in [1.82, 2.24) is 4.31 Å². The van der Waals surface area contributed by atoms with Crippen molar-refractivity contribution < 1.29 is 32.3 Å². The molecule has 1 atom stereocenters. The number of carbonyl (C=O) groups excluding carboxylic acids is 3. The lowest BCUT2D eigenvalue weighted by Gasteiger charge is -2.29. The molecule has 3 aromatic rings. The number of aryl methyl sites for hydroxylation is 2. The first-order valence-electron chi connectivity index (χ1n) is 13.8. The van der Waals surface area contributed by atoms with Crippen molar-refractivity contribution >= 4 is 39.1 Å². The van der Waals surface area contributed by atoms with Crippen LogP contribution >= 0.6 is 0 Å². The molecule has 1 N–H and O–H groups in total. The van der Waals surface area contributed by atoms with Gasteiger partial charge in [-0.25, -0.2) is 13.3 Å². The largest absolute Gasteiger partial charge is 0.493 e. The molecule has 0 spiro atoms. The molecule has 1 heterocycles. The molecule has 43 heavy (non-hydrogen) atoms. The molecule has 0 aliphatic carbocycles. The van der Waals surface area contributed by atoms with Gasteiger partial charge in [-0.3, -0.25) is 14.4 Å². The second kappa shape index (κ2) is 12.6. The van der Waals surface area contributed by atoms with Crippen LogP contribution in [0.15, 0.2) is 53.4 Å². The third kappa shape index (κ3) is 6.28. The van der Waals surface area contributed by atoms with Crippen molar-refractivity contribution in [3.63, 3.8) is 0 Å². The molecule has 11 heteroatoms. The Morgan fingerprint density at radius 3 is 2.09 bits per heavy atom. The van der Waals surface area contributed by atoms with Gasteiger partial charge in [0.25, 0.3) is 5.91 Å². The summed E-state index contributed by atoms with van der Waals surface area (Å²) in [6.45, 7) is 8.54. The maximum absolute atomic E-state index is 14.5. The lowest BCUT2D eigenvalue weighted by atomic mass is 10.0. The van der Waals surface area contributed by atoms with Crippen LogP contribution in [0.2, 0.25) is 0 Å². The van der Waals surface area contributed by atoms with Crippen molar-refractivity contribution in [2.45, 2.75) is 58.4 Å². The fourth-order valence-corrected chi connectivity index (χ4v) is 7.57. The molecule has 228 valence electrons. The van der Waals surface area contributed by atoms with E-state index in [0.717, 1.165) is 21.6 Å². The minimum Gasteiger partial charge on any atom is -0.493 e. The number of carbonyl (C=O) groups is 3. The second-order valence-corrected chi connectivity index (χ2v) is 12.5. The van der Waals surface area contributed by atoms with E-state index in [2.05, 4.69) is 5.32 Å². The van der Waals surface area contributed by atoms with Gasteiger partial charge in [-0.1, -0.05) is 12.1 Å². The Kier molecular flexibility index (Phi) is 9.26. The predicted octanol–water partition coefficient (Wildman–Crippen LogP) is 4.46. The summed E-state index contributed by atoms with van der Waals surface area (Å²) < 4.78 is 40.9. The van der Waals surface area contributed by atoms with Gasteiger partial charge in [0.15, 0.2) is 11.5 Å². The monoisotopic (exact) mass is 607 g/mol. The van der Waals surface area contributed by atoms with Crippen LogP contribution in [0.4, 0.5) is 11.4 Å². The van der Waals surface area contributed by atoms with Crippen molar-refractivity contribution in [2.24, 2.45) is 0 Å². The molecule has 0 aromatic heterocycles. The third-order valence-corrected chi connectivity index (χ3v) is 10.0. The summed E-state index contributed by atoms with van der Waals surface area (Å²) in [5, 5.41) is 2.65. The number of nitrogens with one attached hydrogen (secondary N) is 1. The van der Waals surface area contributed by atoms with Gasteiger partial charge >= 0.3 is 0 Å². The van der Waals surface area contributed by atoms with Gasteiger partial charge in [0.1, 0.15) is 6.04 Å². The maximum atomic E-state index is 14.5. The standard InChI is InChI=1S/C32H37N3O7S/c1-19-16-20(2)22(4)31(21(19)3)43(39,40)34(15-14-24-8-13-28(41-6)29(17-24)42-7)27-18-30(37)35(32(27)38)26-11-9-25(10-12-26)33-23(5)36/h8-13,16-17,27H,14-15,18H2,1-7H3,(H,33,36). The van der Waals surface area contributed by atoms with E-state index in [0.29, 0.717) is 34.0 Å². The van der Waals surface area contributed by atoms with Crippen LogP contribution in [-0.2, 0) is 30.8 Å². The molecule has 0 radical (unpaired) electrons. The Labute approximate surface area is 252 Å². The SMILES string of the molecule is COc1ccc(CCN(C2CC(=O)N(c3ccc(NC(C)=O)cc3)C2=O)S(=O)(=O)c2c(C)c(C)cc(C)c2C)cc1OC. The van der Waals surface area contributed by atoms with Gasteiger partial charge in [0, 0.05) is 19.2 Å². The highest BCUT2D eigenvalue weighted by Crippen LogP contribution is 2.35. The summed E-state index contributed by atoms with van der Waals surface area (Å²) in [6.07, 6.45) is -0.0494. The van der Waals surface area contributed by atoms with E-state index >= 15 is 0 Å². The van der Waals surface area contributed by atoms with Crippen LogP contribution in [0.5, 0.6) is 11.5 Å². The van der Waals surface area contributed by atoms with Crippen LogP contribution in [0, 0.1) is 27.7 Å². The van der Waals surface area contributed by atoms with E-state index in [1.807, 2.05) is 26.0 Å². The summed E-state index contributed by atoms with van der Waals surface area (Å²) in [4.78, 5) is 39.7. The molecule has 0 saturated carbocycles. The average Bonchev–Trinajstić information content (AvgIpc) is 3.24. The normalized spacial score (nSPS) is 15.3. The Morgan fingerprint density at radius 1 is 0.930 bits per heavy atom. The van der Waals surface area contributed by atoms with Crippen molar-refractivity contribution in [1.29, 1.82) is 0 Å². The minimum absolute atomic E-state index is 0.0529. The summed E-state index contributed by atoms with van der Waals surface area (Å²) >= 11 is 0. The zero-order chi connectivity index (χ0) is 31.6. The summed E-state index contributed by atoms with van der Waals surface area (Å²) in [5.41, 5.74) is 4.40. The lowest BCUT2D eigenvalue weighted by Crippen LogP contribution is -2.46. The highest BCUT2D eigenvalue weighted by atomic mass is 32.2. The fourth-order valence-electron chi connectivity index (χ4n) is 5.41. The van der Waals surface area contributed by atoms with Gasteiger partial charge in [0.05, 0.1) is 31.2 Å². The number of imide groups is 1. The summed E-state index contributed by atoms with van der Waals surface area (Å²) in [7, 11) is -1.19. The van der Waals surface area contributed by atoms with Crippen molar-refractivity contribution in [2.75, 3.05) is 31.0 Å². The molecule has 4 rings (SSSR count). The molecule has 1 aliphatic rings. The highest BCUT2D eigenvalue weighted by Gasteiger charge is 2.47. The van der Waals surface area contributed by atoms with Gasteiger partial charge in [0.2, 0.25) is 21.8 Å². The number of anilines is 2. The number of sulfonamides is 1. The summed E-state index contributed by atoms with van der Waals surface area (Å²) in [5.74, 6) is -0.367. The number of methoxy groups -OCH3 is 2. The third-order valence-electron chi connectivity index (χ3n) is 7.85.